The number of carboxylic acid groups (broad SMARTS) is 1. The second kappa shape index (κ2) is 8.18. The van der Waals surface area contributed by atoms with Crippen LogP contribution < -0.4 is 0 Å². The van der Waals surface area contributed by atoms with E-state index in [1.165, 1.54) is 11.1 Å². The zero-order valence-electron chi connectivity index (χ0n) is 18.4. The number of aliphatic carboxylic acids is 1. The summed E-state index contributed by atoms with van der Waals surface area (Å²) in [5, 5.41) is 60.7. The van der Waals surface area contributed by atoms with Gasteiger partial charge in [0.2, 0.25) is 0 Å². The summed E-state index contributed by atoms with van der Waals surface area (Å²) in [6.07, 6.45) is -5.89. The second-order valence-corrected chi connectivity index (χ2v) is 10.4. The monoisotopic (exact) mass is 464 g/mol. The fraction of sp³-hybridized carbons (Fsp3) is 0.708. The number of hydrogen-bond acceptors (Lipinski definition) is 8. The van der Waals surface area contributed by atoms with Gasteiger partial charge in [-0.05, 0) is 78.5 Å². The van der Waals surface area contributed by atoms with Gasteiger partial charge in [0.1, 0.15) is 24.1 Å². The molecule has 11 atom stereocenters. The number of benzene rings is 1. The molecule has 9 heteroatoms. The van der Waals surface area contributed by atoms with Gasteiger partial charge in [-0.15, -0.1) is 0 Å². The van der Waals surface area contributed by atoms with Gasteiger partial charge in [-0.3, -0.25) is 0 Å². The van der Waals surface area contributed by atoms with E-state index in [1.54, 1.807) is 6.07 Å². The average Bonchev–Trinajstić information content (AvgIpc) is 3.03. The molecular weight excluding hydrogens is 432 g/mol. The molecule has 3 fully saturated rings. The van der Waals surface area contributed by atoms with Crippen molar-refractivity contribution in [3.63, 3.8) is 0 Å². The summed E-state index contributed by atoms with van der Waals surface area (Å²) in [4.78, 5) is 11.4. The highest BCUT2D eigenvalue weighted by Gasteiger charge is 2.59. The zero-order chi connectivity index (χ0) is 23.7. The minimum Gasteiger partial charge on any atom is -0.508 e. The first-order valence-electron chi connectivity index (χ1n) is 11.7. The highest BCUT2D eigenvalue weighted by atomic mass is 16.7. The highest BCUT2D eigenvalue weighted by molar-refractivity contribution is 5.73. The fourth-order valence-corrected chi connectivity index (χ4v) is 7.00. The molecule has 1 heterocycles. The summed E-state index contributed by atoms with van der Waals surface area (Å²) in [5.41, 5.74) is 2.04. The average molecular weight is 465 g/mol. The Balaban J connectivity index is 1.36. The van der Waals surface area contributed by atoms with E-state index >= 15 is 0 Å². The van der Waals surface area contributed by atoms with E-state index < -0.39 is 54.3 Å². The zero-order valence-corrected chi connectivity index (χ0v) is 18.4. The summed E-state index contributed by atoms with van der Waals surface area (Å²) in [7, 11) is 0. The number of phenolic OH excluding ortho intramolecular Hbond substituents is 1. The molecule has 5 rings (SSSR count). The lowest BCUT2D eigenvalue weighted by molar-refractivity contribution is -0.309. The second-order valence-electron chi connectivity index (χ2n) is 10.4. The van der Waals surface area contributed by atoms with E-state index in [0.717, 1.165) is 25.7 Å². The lowest BCUT2D eigenvalue weighted by Crippen LogP contribution is -2.61. The number of hydrogen-bond donors (Lipinski definition) is 6. The van der Waals surface area contributed by atoms with E-state index in [1.807, 2.05) is 12.1 Å². The van der Waals surface area contributed by atoms with Crippen molar-refractivity contribution in [2.45, 2.75) is 87.9 Å². The number of aliphatic hydroxyl groups is 4. The number of fused-ring (bicyclic) bond motifs is 5. The van der Waals surface area contributed by atoms with E-state index in [2.05, 4.69) is 6.92 Å². The standard InChI is InChI=1S/C24H32O9/c1-24-7-6-13-12-5-3-11(25)8-10(12)2-4-14(13)15(24)9-16(21(24)29)32-23-19(28)17(26)18(27)20(33-23)22(30)31/h3,5,8,13-21,23,25-29H,2,4,6-7,9H2,1H3,(H,30,31)/t13-,14-,15-,16-,17-,18-,19+,20-,21+,23+,24-/m1/s1. The third-order valence-electron chi connectivity index (χ3n) is 8.78. The molecule has 33 heavy (non-hydrogen) atoms. The van der Waals surface area contributed by atoms with Gasteiger partial charge in [-0.1, -0.05) is 13.0 Å². The summed E-state index contributed by atoms with van der Waals surface area (Å²) in [6.45, 7) is 2.06. The van der Waals surface area contributed by atoms with Gasteiger partial charge in [-0.2, -0.15) is 0 Å². The van der Waals surface area contributed by atoms with Gasteiger partial charge >= 0.3 is 5.97 Å². The van der Waals surface area contributed by atoms with Crippen LogP contribution in [0.25, 0.3) is 0 Å². The molecule has 4 aliphatic rings. The van der Waals surface area contributed by atoms with Crippen molar-refractivity contribution in [1.82, 2.24) is 0 Å². The number of aryl methyl sites for hydroxylation is 1. The van der Waals surface area contributed by atoms with Crippen LogP contribution in [0.2, 0.25) is 0 Å². The van der Waals surface area contributed by atoms with Crippen molar-refractivity contribution in [2.75, 3.05) is 0 Å². The maximum absolute atomic E-state index is 11.4. The smallest absolute Gasteiger partial charge is 0.335 e. The van der Waals surface area contributed by atoms with Gasteiger partial charge in [-0.25, -0.2) is 4.79 Å². The third kappa shape index (κ3) is 3.57. The molecule has 9 nitrogen and oxygen atoms in total. The molecule has 0 amide bonds. The Morgan fingerprint density at radius 2 is 1.88 bits per heavy atom. The SMILES string of the molecule is C[C@@]12CC[C@@H]3c4ccc(O)cc4CC[C@H]3[C@H]1C[C@@H](O[C@H]1O[C@@H](C(=O)O)[C@H](O)[C@@H](O)[C@@H]1O)[C@@H]2O. The van der Waals surface area contributed by atoms with Crippen molar-refractivity contribution in [3.05, 3.63) is 29.3 Å². The van der Waals surface area contributed by atoms with E-state index in [4.69, 9.17) is 9.47 Å². The predicted octanol–water partition coefficient (Wildman–Crippen LogP) is 0.496. The molecule has 1 aliphatic heterocycles. The number of carboxylic acids is 1. The quantitative estimate of drug-likeness (QED) is 0.375. The number of carbonyl (C=O) groups is 1. The number of aromatic hydroxyl groups is 1. The Morgan fingerprint density at radius 3 is 2.61 bits per heavy atom. The Morgan fingerprint density at radius 1 is 1.12 bits per heavy atom. The summed E-state index contributed by atoms with van der Waals surface area (Å²) in [5.74, 6) is -0.367. The molecule has 3 aliphatic carbocycles. The largest absolute Gasteiger partial charge is 0.508 e. The van der Waals surface area contributed by atoms with Crippen molar-refractivity contribution in [2.24, 2.45) is 17.3 Å². The first kappa shape index (κ1) is 23.0. The molecular formula is C24H32O9. The van der Waals surface area contributed by atoms with Gasteiger partial charge in [0.05, 0.1) is 12.2 Å². The van der Waals surface area contributed by atoms with Crippen LogP contribution in [-0.2, 0) is 20.7 Å². The molecule has 2 saturated carbocycles. The van der Waals surface area contributed by atoms with E-state index in [0.29, 0.717) is 18.3 Å². The molecule has 1 aromatic rings. The predicted molar refractivity (Wildman–Crippen MR) is 113 cm³/mol. The van der Waals surface area contributed by atoms with Gasteiger partial charge in [0.25, 0.3) is 0 Å². The molecule has 0 unspecified atom stereocenters. The molecule has 0 radical (unpaired) electrons. The van der Waals surface area contributed by atoms with Crippen LogP contribution in [0.3, 0.4) is 0 Å². The molecule has 1 saturated heterocycles. The summed E-state index contributed by atoms with van der Waals surface area (Å²) in [6, 6.07) is 5.58. The van der Waals surface area contributed by atoms with Crippen LogP contribution in [0.4, 0.5) is 0 Å². The number of ether oxygens (including phenoxy) is 2. The Hall–Kier alpha value is -1.75. The number of aliphatic hydroxyl groups excluding tert-OH is 4. The van der Waals surface area contributed by atoms with Crippen LogP contribution in [-0.4, -0.2) is 79.5 Å². The number of rotatable bonds is 3. The van der Waals surface area contributed by atoms with Crippen molar-refractivity contribution in [3.8, 4) is 5.75 Å². The lowest BCUT2D eigenvalue weighted by Gasteiger charge is -2.49. The highest BCUT2D eigenvalue weighted by Crippen LogP contribution is 2.61. The van der Waals surface area contributed by atoms with Gasteiger partial charge < -0.3 is 40.1 Å². The van der Waals surface area contributed by atoms with Crippen molar-refractivity contribution in [1.29, 1.82) is 0 Å². The summed E-state index contributed by atoms with van der Waals surface area (Å²) >= 11 is 0. The maximum Gasteiger partial charge on any atom is 0.335 e. The Kier molecular flexibility index (Phi) is 5.70. The molecule has 0 bridgehead atoms. The van der Waals surface area contributed by atoms with Crippen molar-refractivity contribution >= 4 is 5.97 Å². The van der Waals surface area contributed by atoms with Crippen LogP contribution in [0.1, 0.15) is 49.7 Å². The van der Waals surface area contributed by atoms with E-state index in [9.17, 15) is 35.4 Å². The van der Waals surface area contributed by atoms with Crippen LogP contribution in [0.15, 0.2) is 18.2 Å². The topological polar surface area (TPSA) is 157 Å². The molecule has 182 valence electrons. The van der Waals surface area contributed by atoms with Crippen LogP contribution in [0, 0.1) is 17.3 Å². The fourth-order valence-electron chi connectivity index (χ4n) is 7.00. The molecule has 6 N–H and O–H groups in total. The van der Waals surface area contributed by atoms with E-state index in [-0.39, 0.29) is 11.7 Å². The molecule has 0 spiro atoms. The van der Waals surface area contributed by atoms with Gasteiger partial charge in [0.15, 0.2) is 12.4 Å². The molecule has 0 aromatic heterocycles. The van der Waals surface area contributed by atoms with Crippen LogP contribution in [0.5, 0.6) is 5.75 Å². The summed E-state index contributed by atoms with van der Waals surface area (Å²) < 4.78 is 11.2. The minimum atomic E-state index is -1.78. The lowest BCUT2D eigenvalue weighted by atomic mass is 9.55. The first-order chi connectivity index (χ1) is 15.6. The minimum absolute atomic E-state index is 0.157. The number of phenols is 1. The first-order valence-corrected chi connectivity index (χ1v) is 11.7. The maximum atomic E-state index is 11.4. The van der Waals surface area contributed by atoms with Crippen LogP contribution >= 0.6 is 0 Å². The third-order valence-corrected chi connectivity index (χ3v) is 8.78. The molecule has 1 aromatic carbocycles. The Labute approximate surface area is 191 Å². The Bertz CT molecular complexity index is 921. The normalized spacial score (nSPS) is 46.8. The van der Waals surface area contributed by atoms with Crippen molar-refractivity contribution < 1.29 is 44.9 Å². The van der Waals surface area contributed by atoms with Gasteiger partial charge in [0, 0.05) is 0 Å².